The Morgan fingerprint density at radius 3 is 2.94 bits per heavy atom. The van der Waals surface area contributed by atoms with E-state index in [0.717, 1.165) is 26.1 Å². The van der Waals surface area contributed by atoms with E-state index in [1.807, 2.05) is 0 Å². The number of esters is 1. The van der Waals surface area contributed by atoms with Gasteiger partial charge in [0.25, 0.3) is 0 Å². The monoisotopic (exact) mass is 268 g/mol. The maximum atomic E-state index is 11.5. The summed E-state index contributed by atoms with van der Waals surface area (Å²) in [4.78, 5) is 15.8. The topological polar surface area (TPSA) is 74.4 Å². The van der Waals surface area contributed by atoms with Crippen LogP contribution in [0.25, 0.3) is 0 Å². The number of carbonyl (C=O) groups excluding carboxylic acids is 1. The van der Waals surface area contributed by atoms with E-state index in [1.54, 1.807) is 24.0 Å². The van der Waals surface area contributed by atoms with Crippen LogP contribution in [0.15, 0.2) is 17.3 Å². The van der Waals surface area contributed by atoms with Crippen LogP contribution in [0.5, 0.6) is 0 Å². The second kappa shape index (κ2) is 6.06. The number of pyridine rings is 1. The van der Waals surface area contributed by atoms with E-state index in [2.05, 4.69) is 9.72 Å². The largest absolute Gasteiger partial charge is 0.465 e. The molecule has 0 unspecified atom stereocenters. The number of methoxy groups -OCH3 is 1. The molecule has 1 aromatic rings. The van der Waals surface area contributed by atoms with Gasteiger partial charge in [-0.1, -0.05) is 0 Å². The van der Waals surface area contributed by atoms with E-state index in [4.69, 9.17) is 10.5 Å². The smallest absolute Gasteiger partial charge is 0.340 e. The first-order chi connectivity index (χ1) is 8.72. The van der Waals surface area contributed by atoms with Gasteiger partial charge in [-0.25, -0.2) is 9.78 Å². The minimum absolute atomic E-state index is 0.377. The van der Waals surface area contributed by atoms with E-state index < -0.39 is 5.97 Å². The van der Waals surface area contributed by atoms with Gasteiger partial charge in [-0.05, 0) is 18.9 Å². The molecule has 1 aliphatic heterocycles. The molecule has 0 spiro atoms. The molecule has 0 aliphatic carbocycles. The first-order valence-corrected chi connectivity index (χ1v) is 6.67. The molecule has 1 fully saturated rings. The van der Waals surface area contributed by atoms with E-state index >= 15 is 0 Å². The summed E-state index contributed by atoms with van der Waals surface area (Å²) in [7, 11) is 1.34. The van der Waals surface area contributed by atoms with Gasteiger partial charge in [0.1, 0.15) is 5.03 Å². The highest BCUT2D eigenvalue weighted by molar-refractivity contribution is 8.00. The average Bonchev–Trinajstić information content (AvgIpc) is 2.41. The number of nitrogens with zero attached hydrogens (tertiary/aromatic N) is 1. The summed E-state index contributed by atoms with van der Waals surface area (Å²) in [6.45, 7) is 1.54. The molecule has 1 aromatic heterocycles. The molecule has 0 saturated carbocycles. The van der Waals surface area contributed by atoms with Crippen molar-refractivity contribution in [1.29, 1.82) is 0 Å². The molecular weight excluding hydrogens is 252 g/mol. The molecular formula is C12H16N2O3S. The summed E-state index contributed by atoms with van der Waals surface area (Å²) in [5.41, 5.74) is 6.74. The lowest BCUT2D eigenvalue weighted by Gasteiger charge is -2.21. The summed E-state index contributed by atoms with van der Waals surface area (Å²) >= 11 is 1.61. The quantitative estimate of drug-likeness (QED) is 0.841. The van der Waals surface area contributed by atoms with Crippen molar-refractivity contribution in [3.05, 3.63) is 17.8 Å². The Hall–Kier alpha value is -1.27. The van der Waals surface area contributed by atoms with Crippen molar-refractivity contribution in [1.82, 2.24) is 4.98 Å². The molecule has 2 heterocycles. The Labute approximate surface area is 110 Å². The van der Waals surface area contributed by atoms with Gasteiger partial charge < -0.3 is 15.2 Å². The molecule has 0 amide bonds. The molecule has 0 atom stereocenters. The number of aromatic nitrogens is 1. The summed E-state index contributed by atoms with van der Waals surface area (Å²) in [5.74, 6) is -0.427. The Morgan fingerprint density at radius 2 is 2.28 bits per heavy atom. The number of thioether (sulfide) groups is 1. The maximum absolute atomic E-state index is 11.5. The predicted molar refractivity (Wildman–Crippen MR) is 69.7 cm³/mol. The third-order valence-corrected chi connectivity index (χ3v) is 4.16. The molecule has 0 aromatic carbocycles. The normalized spacial score (nSPS) is 16.5. The summed E-state index contributed by atoms with van der Waals surface area (Å²) in [6.07, 6.45) is 3.55. The van der Waals surface area contributed by atoms with Crippen molar-refractivity contribution in [2.45, 2.75) is 23.1 Å². The van der Waals surface area contributed by atoms with Crippen LogP contribution in [0.2, 0.25) is 0 Å². The van der Waals surface area contributed by atoms with Gasteiger partial charge in [0.05, 0.1) is 18.4 Å². The fourth-order valence-electron chi connectivity index (χ4n) is 1.79. The first kappa shape index (κ1) is 13.2. The van der Waals surface area contributed by atoms with Crippen molar-refractivity contribution in [2.75, 3.05) is 26.1 Å². The minimum atomic E-state index is -0.427. The van der Waals surface area contributed by atoms with Gasteiger partial charge in [-0.15, -0.1) is 11.8 Å². The van der Waals surface area contributed by atoms with Crippen LogP contribution in [0.1, 0.15) is 23.2 Å². The van der Waals surface area contributed by atoms with Crippen molar-refractivity contribution in [2.24, 2.45) is 0 Å². The average molecular weight is 268 g/mol. The van der Waals surface area contributed by atoms with Gasteiger partial charge in [-0.3, -0.25) is 0 Å². The summed E-state index contributed by atoms with van der Waals surface area (Å²) < 4.78 is 9.99. The third-order valence-electron chi connectivity index (χ3n) is 2.81. The molecule has 18 heavy (non-hydrogen) atoms. The fraction of sp³-hybridized carbons (Fsp3) is 0.500. The Bertz CT molecular complexity index is 433. The van der Waals surface area contributed by atoms with Crippen LogP contribution < -0.4 is 5.73 Å². The van der Waals surface area contributed by atoms with Crippen LogP contribution >= 0.6 is 11.8 Å². The van der Waals surface area contributed by atoms with Gasteiger partial charge in [0, 0.05) is 24.7 Å². The summed E-state index contributed by atoms with van der Waals surface area (Å²) in [5, 5.41) is 1.14. The van der Waals surface area contributed by atoms with E-state index in [0.29, 0.717) is 21.5 Å². The number of anilines is 1. The maximum Gasteiger partial charge on any atom is 0.340 e. The van der Waals surface area contributed by atoms with Crippen LogP contribution in [-0.2, 0) is 9.47 Å². The Kier molecular flexibility index (Phi) is 4.43. The molecule has 5 nitrogen and oxygen atoms in total. The molecule has 98 valence electrons. The minimum Gasteiger partial charge on any atom is -0.465 e. The highest BCUT2D eigenvalue weighted by Gasteiger charge is 2.20. The lowest BCUT2D eigenvalue weighted by Crippen LogP contribution is -2.18. The number of nitrogens with two attached hydrogens (primary N) is 1. The van der Waals surface area contributed by atoms with Gasteiger partial charge in [-0.2, -0.15) is 0 Å². The standard InChI is InChI=1S/C12H16N2O3S/c1-16-12(15)9-2-5-14-11(10(9)13)18-8-3-6-17-7-4-8/h2,5,8H,3-4,6-7,13H2,1H3. The van der Waals surface area contributed by atoms with Gasteiger partial charge >= 0.3 is 5.97 Å². The number of nitrogen functional groups attached to an aromatic ring is 1. The van der Waals surface area contributed by atoms with Crippen molar-refractivity contribution >= 4 is 23.4 Å². The SMILES string of the molecule is COC(=O)c1ccnc(SC2CCOCC2)c1N. The van der Waals surface area contributed by atoms with Crippen LogP contribution in [0.4, 0.5) is 5.69 Å². The van der Waals surface area contributed by atoms with Gasteiger partial charge in [0.2, 0.25) is 0 Å². The Morgan fingerprint density at radius 1 is 1.56 bits per heavy atom. The molecule has 2 rings (SSSR count). The van der Waals surface area contributed by atoms with Crippen LogP contribution in [0, 0.1) is 0 Å². The fourth-order valence-corrected chi connectivity index (χ4v) is 2.89. The number of rotatable bonds is 3. The number of ether oxygens (including phenoxy) is 2. The van der Waals surface area contributed by atoms with Crippen LogP contribution in [-0.4, -0.2) is 36.5 Å². The van der Waals surface area contributed by atoms with Gasteiger partial charge in [0.15, 0.2) is 0 Å². The zero-order chi connectivity index (χ0) is 13.0. The van der Waals surface area contributed by atoms with Crippen molar-refractivity contribution in [3.63, 3.8) is 0 Å². The number of hydrogen-bond donors (Lipinski definition) is 1. The highest BCUT2D eigenvalue weighted by Crippen LogP contribution is 2.33. The lowest BCUT2D eigenvalue weighted by atomic mass is 10.2. The zero-order valence-corrected chi connectivity index (χ0v) is 11.0. The molecule has 0 bridgehead atoms. The van der Waals surface area contributed by atoms with Crippen LogP contribution in [0.3, 0.4) is 0 Å². The summed E-state index contributed by atoms with van der Waals surface area (Å²) in [6, 6.07) is 1.58. The lowest BCUT2D eigenvalue weighted by molar-refractivity contribution is 0.0601. The second-order valence-electron chi connectivity index (χ2n) is 4.00. The molecule has 6 heteroatoms. The van der Waals surface area contributed by atoms with E-state index in [-0.39, 0.29) is 0 Å². The second-order valence-corrected chi connectivity index (χ2v) is 5.29. The Balaban J connectivity index is 2.15. The first-order valence-electron chi connectivity index (χ1n) is 5.79. The molecule has 1 saturated heterocycles. The number of carbonyl (C=O) groups is 1. The third kappa shape index (κ3) is 2.94. The number of hydrogen-bond acceptors (Lipinski definition) is 6. The van der Waals surface area contributed by atoms with Crippen molar-refractivity contribution in [3.8, 4) is 0 Å². The van der Waals surface area contributed by atoms with Crippen molar-refractivity contribution < 1.29 is 14.3 Å². The predicted octanol–water partition coefficient (Wildman–Crippen LogP) is 1.72. The zero-order valence-electron chi connectivity index (χ0n) is 10.2. The molecule has 2 N–H and O–H groups in total. The molecule has 0 radical (unpaired) electrons. The van der Waals surface area contributed by atoms with E-state index in [1.165, 1.54) is 7.11 Å². The highest BCUT2D eigenvalue weighted by atomic mass is 32.2. The van der Waals surface area contributed by atoms with E-state index in [9.17, 15) is 4.79 Å². The molecule has 1 aliphatic rings.